The first-order valence-electron chi connectivity index (χ1n) is 8.67. The predicted octanol–water partition coefficient (Wildman–Crippen LogP) is 4.54. The van der Waals surface area contributed by atoms with Crippen LogP contribution in [0.25, 0.3) is 0 Å². The second-order valence-electron chi connectivity index (χ2n) is 6.54. The van der Waals surface area contributed by atoms with Gasteiger partial charge in [0.15, 0.2) is 0 Å². The van der Waals surface area contributed by atoms with Gasteiger partial charge >= 0.3 is 6.18 Å². The first-order valence-corrected chi connectivity index (χ1v) is 8.67. The molecule has 1 saturated heterocycles. The third kappa shape index (κ3) is 3.82. The van der Waals surface area contributed by atoms with Crippen molar-refractivity contribution in [1.29, 1.82) is 0 Å². The van der Waals surface area contributed by atoms with Gasteiger partial charge in [-0.3, -0.25) is 4.79 Å². The molecule has 4 nitrogen and oxygen atoms in total. The fourth-order valence-electron chi connectivity index (χ4n) is 3.45. The van der Waals surface area contributed by atoms with E-state index in [9.17, 15) is 22.4 Å². The molecule has 2 aromatic carbocycles. The highest BCUT2D eigenvalue weighted by molar-refractivity contribution is 5.99. The summed E-state index contributed by atoms with van der Waals surface area (Å²) in [6.07, 6.45) is -4.20. The fraction of sp³-hybridized carbons (Fsp3) is 0.350. The molecule has 0 bridgehead atoms. The number of amides is 1. The molecular formula is C20H19F4NO3. The lowest BCUT2D eigenvalue weighted by atomic mass is 9.73. The van der Waals surface area contributed by atoms with E-state index in [2.05, 4.69) is 5.32 Å². The summed E-state index contributed by atoms with van der Waals surface area (Å²) < 4.78 is 64.2. The lowest BCUT2D eigenvalue weighted by molar-refractivity contribution is -0.138. The summed E-state index contributed by atoms with van der Waals surface area (Å²) >= 11 is 0. The second kappa shape index (κ2) is 7.79. The second-order valence-corrected chi connectivity index (χ2v) is 6.54. The highest BCUT2D eigenvalue weighted by atomic mass is 19.4. The van der Waals surface area contributed by atoms with Crippen LogP contribution in [0.1, 0.15) is 24.0 Å². The van der Waals surface area contributed by atoms with Crippen molar-refractivity contribution >= 4 is 11.6 Å². The van der Waals surface area contributed by atoms with Gasteiger partial charge in [-0.2, -0.15) is 13.2 Å². The zero-order valence-electron chi connectivity index (χ0n) is 15.1. The number of nitrogens with one attached hydrogen (secondary N) is 1. The van der Waals surface area contributed by atoms with E-state index in [1.54, 1.807) is 6.07 Å². The van der Waals surface area contributed by atoms with Crippen molar-refractivity contribution in [3.63, 3.8) is 0 Å². The number of methoxy groups -OCH3 is 1. The van der Waals surface area contributed by atoms with Crippen LogP contribution < -0.4 is 10.1 Å². The van der Waals surface area contributed by atoms with Gasteiger partial charge in [-0.05, 0) is 37.1 Å². The van der Waals surface area contributed by atoms with E-state index in [1.165, 1.54) is 24.3 Å². The number of halogens is 4. The van der Waals surface area contributed by atoms with Crippen LogP contribution in [0.15, 0.2) is 42.5 Å². The molecule has 1 N–H and O–H groups in total. The van der Waals surface area contributed by atoms with E-state index in [4.69, 9.17) is 9.47 Å². The maximum Gasteiger partial charge on any atom is 0.420 e. The molecule has 0 atom stereocenters. The number of rotatable bonds is 4. The highest BCUT2D eigenvalue weighted by Crippen LogP contribution is 2.40. The van der Waals surface area contributed by atoms with Crippen molar-refractivity contribution in [2.45, 2.75) is 24.4 Å². The van der Waals surface area contributed by atoms with Crippen molar-refractivity contribution in [2.75, 3.05) is 25.6 Å². The number of carbonyl (C=O) groups is 1. The van der Waals surface area contributed by atoms with Crippen LogP contribution in [-0.4, -0.2) is 26.2 Å². The average molecular weight is 397 g/mol. The first kappa shape index (κ1) is 20.1. The number of anilines is 1. The van der Waals surface area contributed by atoms with Crippen molar-refractivity contribution in [3.8, 4) is 5.75 Å². The first-order chi connectivity index (χ1) is 13.3. The Labute approximate surface area is 159 Å². The van der Waals surface area contributed by atoms with Crippen molar-refractivity contribution < 1.29 is 31.8 Å². The Morgan fingerprint density at radius 2 is 1.82 bits per heavy atom. The van der Waals surface area contributed by atoms with Gasteiger partial charge in [0, 0.05) is 24.5 Å². The van der Waals surface area contributed by atoms with E-state index in [-0.39, 0.29) is 43.1 Å². The van der Waals surface area contributed by atoms with Crippen LogP contribution in [0.2, 0.25) is 0 Å². The summed E-state index contributed by atoms with van der Waals surface area (Å²) in [7, 11) is 1.14. The molecule has 0 radical (unpaired) electrons. The summed E-state index contributed by atoms with van der Waals surface area (Å²) in [5, 5.41) is 2.53. The van der Waals surface area contributed by atoms with E-state index >= 15 is 0 Å². The summed E-state index contributed by atoms with van der Waals surface area (Å²) in [6.45, 7) is 0.496. The number of hydrogen-bond acceptors (Lipinski definition) is 3. The predicted molar refractivity (Wildman–Crippen MR) is 94.8 cm³/mol. The van der Waals surface area contributed by atoms with Gasteiger partial charge in [-0.1, -0.05) is 18.2 Å². The largest absolute Gasteiger partial charge is 0.496 e. The summed E-state index contributed by atoms with van der Waals surface area (Å²) in [4.78, 5) is 13.1. The Kier molecular flexibility index (Phi) is 5.60. The maximum absolute atomic E-state index is 14.5. The maximum atomic E-state index is 14.5. The molecule has 1 fully saturated rings. The number of ether oxygens (including phenoxy) is 2. The minimum atomic E-state index is -4.64. The molecular weight excluding hydrogens is 378 g/mol. The molecule has 1 aliphatic heterocycles. The Morgan fingerprint density at radius 3 is 2.43 bits per heavy atom. The van der Waals surface area contributed by atoms with Gasteiger partial charge in [0.25, 0.3) is 0 Å². The lowest BCUT2D eigenvalue weighted by Gasteiger charge is -2.36. The Bertz CT molecular complexity index is 861. The molecule has 1 heterocycles. The summed E-state index contributed by atoms with van der Waals surface area (Å²) in [6, 6.07) is 9.19. The van der Waals surface area contributed by atoms with Gasteiger partial charge in [0.05, 0.1) is 18.1 Å². The number of carbonyl (C=O) groups excluding carboxylic acids is 1. The van der Waals surface area contributed by atoms with Gasteiger partial charge < -0.3 is 14.8 Å². The van der Waals surface area contributed by atoms with Crippen molar-refractivity contribution in [2.24, 2.45) is 0 Å². The minimum absolute atomic E-state index is 0.0414. The fourth-order valence-corrected chi connectivity index (χ4v) is 3.45. The van der Waals surface area contributed by atoms with E-state index in [0.29, 0.717) is 0 Å². The van der Waals surface area contributed by atoms with E-state index < -0.39 is 28.9 Å². The Balaban J connectivity index is 1.97. The molecule has 0 aromatic heterocycles. The van der Waals surface area contributed by atoms with Crippen LogP contribution in [0.3, 0.4) is 0 Å². The van der Waals surface area contributed by atoms with Crippen LogP contribution in [0, 0.1) is 5.82 Å². The Morgan fingerprint density at radius 1 is 1.14 bits per heavy atom. The smallest absolute Gasteiger partial charge is 0.420 e. The number of alkyl halides is 3. The summed E-state index contributed by atoms with van der Waals surface area (Å²) in [5.41, 5.74) is -2.05. The monoisotopic (exact) mass is 397 g/mol. The van der Waals surface area contributed by atoms with Crippen LogP contribution in [0.5, 0.6) is 5.75 Å². The quantitative estimate of drug-likeness (QED) is 0.771. The molecule has 8 heteroatoms. The van der Waals surface area contributed by atoms with Crippen molar-refractivity contribution in [3.05, 3.63) is 59.4 Å². The van der Waals surface area contributed by atoms with Gasteiger partial charge in [-0.15, -0.1) is 0 Å². The molecule has 150 valence electrons. The number of benzene rings is 2. The zero-order valence-corrected chi connectivity index (χ0v) is 15.1. The van der Waals surface area contributed by atoms with E-state index in [0.717, 1.165) is 19.2 Å². The SMILES string of the molecule is COc1ccc(NC(=O)C2(c3ccccc3F)CCOCC2)cc1C(F)(F)F. The van der Waals surface area contributed by atoms with Crippen LogP contribution >= 0.6 is 0 Å². The highest BCUT2D eigenvalue weighted by Gasteiger charge is 2.43. The van der Waals surface area contributed by atoms with Crippen LogP contribution in [0.4, 0.5) is 23.2 Å². The zero-order chi connectivity index (χ0) is 20.4. The van der Waals surface area contributed by atoms with E-state index in [1.807, 2.05) is 0 Å². The average Bonchev–Trinajstić information content (AvgIpc) is 2.68. The van der Waals surface area contributed by atoms with Crippen LogP contribution in [-0.2, 0) is 21.1 Å². The molecule has 1 aliphatic rings. The van der Waals surface area contributed by atoms with Crippen molar-refractivity contribution in [1.82, 2.24) is 0 Å². The lowest BCUT2D eigenvalue weighted by Crippen LogP contribution is -2.45. The normalized spacial score (nSPS) is 16.5. The molecule has 0 unspecified atom stereocenters. The standard InChI is InChI=1S/C20H19F4NO3/c1-27-17-7-6-13(12-15(17)20(22,23)24)25-18(26)19(8-10-28-11-9-19)14-4-2-3-5-16(14)21/h2-7,12H,8-11H2,1H3,(H,25,26). The molecule has 0 saturated carbocycles. The third-order valence-corrected chi connectivity index (χ3v) is 4.93. The summed E-state index contributed by atoms with van der Waals surface area (Å²) in [5.74, 6) is -1.45. The molecule has 0 aliphatic carbocycles. The molecule has 1 amide bonds. The number of hydrogen-bond donors (Lipinski definition) is 1. The molecule has 28 heavy (non-hydrogen) atoms. The third-order valence-electron chi connectivity index (χ3n) is 4.93. The minimum Gasteiger partial charge on any atom is -0.496 e. The van der Waals surface area contributed by atoms with Gasteiger partial charge in [0.2, 0.25) is 5.91 Å². The molecule has 3 rings (SSSR count). The van der Waals surface area contributed by atoms with Gasteiger partial charge in [-0.25, -0.2) is 4.39 Å². The Hall–Kier alpha value is -2.61. The topological polar surface area (TPSA) is 47.6 Å². The molecule has 0 spiro atoms. The molecule has 2 aromatic rings. The van der Waals surface area contributed by atoms with Gasteiger partial charge in [0.1, 0.15) is 11.6 Å².